The van der Waals surface area contributed by atoms with E-state index in [1.165, 1.54) is 17.0 Å². The van der Waals surface area contributed by atoms with E-state index in [0.717, 1.165) is 31.9 Å². The minimum absolute atomic E-state index is 0.0661. The molecule has 2 aliphatic rings. The van der Waals surface area contributed by atoms with Crippen LogP contribution >= 0.6 is 0 Å². The number of carboxylic acid groups (broad SMARTS) is 1. The number of hydrogen-bond donors (Lipinski definition) is 1. The van der Waals surface area contributed by atoms with Crippen molar-refractivity contribution < 1.29 is 23.1 Å². The van der Waals surface area contributed by atoms with E-state index in [1.807, 2.05) is 0 Å². The molecule has 6 nitrogen and oxygen atoms in total. The summed E-state index contributed by atoms with van der Waals surface area (Å²) in [6.45, 7) is 1.74. The summed E-state index contributed by atoms with van der Waals surface area (Å²) in [5.74, 6) is -1.14. The van der Waals surface area contributed by atoms with Crippen LogP contribution in [0, 0.1) is 12.8 Å². The third-order valence-electron chi connectivity index (χ3n) is 5.48. The van der Waals surface area contributed by atoms with Gasteiger partial charge >= 0.3 is 5.97 Å². The molecular weight excluding hydrogens is 342 g/mol. The van der Waals surface area contributed by atoms with Crippen LogP contribution in [0.1, 0.15) is 48.0 Å². The van der Waals surface area contributed by atoms with Gasteiger partial charge in [0.25, 0.3) is 5.91 Å². The van der Waals surface area contributed by atoms with E-state index in [9.17, 15) is 23.1 Å². The molecule has 0 aromatic heterocycles. The number of likely N-dealkylation sites (tertiary alicyclic amines) is 1. The number of hydrogen-bond acceptors (Lipinski definition) is 4. The van der Waals surface area contributed by atoms with Gasteiger partial charge in [0.2, 0.25) is 0 Å². The molecule has 2 fully saturated rings. The number of carbonyl (C=O) groups is 2. The molecule has 1 aromatic carbocycles. The number of carbonyl (C=O) groups excluding carboxylic acids is 1. The Bertz CT molecular complexity index is 817. The fraction of sp³-hybridized carbons (Fsp3) is 0.556. The maximum absolute atomic E-state index is 13.2. The van der Waals surface area contributed by atoms with Crippen molar-refractivity contribution in [1.82, 2.24) is 4.90 Å². The van der Waals surface area contributed by atoms with Crippen molar-refractivity contribution in [1.29, 1.82) is 0 Å². The molecule has 1 aliphatic carbocycles. The molecule has 7 heteroatoms. The fourth-order valence-corrected chi connectivity index (χ4v) is 4.82. The fourth-order valence-electron chi connectivity index (χ4n) is 4.17. The minimum atomic E-state index is -3.44. The van der Waals surface area contributed by atoms with Gasteiger partial charge in [-0.1, -0.05) is 18.9 Å². The second kappa shape index (κ2) is 6.44. The van der Waals surface area contributed by atoms with Gasteiger partial charge in [-0.15, -0.1) is 0 Å². The van der Waals surface area contributed by atoms with Gasteiger partial charge in [-0.2, -0.15) is 0 Å². The highest BCUT2D eigenvalue weighted by Crippen LogP contribution is 2.40. The molecule has 1 aromatic rings. The summed E-state index contributed by atoms with van der Waals surface area (Å²) in [6, 6.07) is 3.56. The van der Waals surface area contributed by atoms with Crippen LogP contribution in [-0.4, -0.2) is 48.6 Å². The summed E-state index contributed by atoms with van der Waals surface area (Å²) in [4.78, 5) is 26.5. The summed E-state index contributed by atoms with van der Waals surface area (Å²) >= 11 is 0. The number of fused-ring (bicyclic) bond motifs is 1. The minimum Gasteiger partial charge on any atom is -0.480 e. The van der Waals surface area contributed by atoms with Crippen molar-refractivity contribution in [2.24, 2.45) is 5.92 Å². The number of amides is 1. The van der Waals surface area contributed by atoms with Crippen LogP contribution in [0.25, 0.3) is 0 Å². The predicted molar refractivity (Wildman–Crippen MR) is 92.2 cm³/mol. The third-order valence-corrected chi connectivity index (χ3v) is 6.59. The molecule has 25 heavy (non-hydrogen) atoms. The Balaban J connectivity index is 2.02. The summed E-state index contributed by atoms with van der Waals surface area (Å²) in [5.41, 5.74) is 0.932. The highest BCUT2D eigenvalue weighted by atomic mass is 32.2. The second-order valence-corrected chi connectivity index (χ2v) is 9.18. The first kappa shape index (κ1) is 17.9. The number of rotatable bonds is 3. The molecular formula is C18H23NO5S. The molecule has 1 aliphatic heterocycles. The highest BCUT2D eigenvalue weighted by Gasteiger charge is 2.47. The average molecular weight is 365 g/mol. The van der Waals surface area contributed by atoms with Gasteiger partial charge in [-0.3, -0.25) is 4.79 Å². The van der Waals surface area contributed by atoms with E-state index in [-0.39, 0.29) is 28.3 Å². The van der Waals surface area contributed by atoms with Crippen LogP contribution in [0.15, 0.2) is 23.1 Å². The lowest BCUT2D eigenvalue weighted by Gasteiger charge is -2.33. The average Bonchev–Trinajstić information content (AvgIpc) is 2.93. The molecule has 1 heterocycles. The topological polar surface area (TPSA) is 91.8 Å². The number of aryl methyl sites for hydroxylation is 1. The number of sulfone groups is 1. The van der Waals surface area contributed by atoms with Gasteiger partial charge in [0.15, 0.2) is 9.84 Å². The largest absolute Gasteiger partial charge is 0.480 e. The summed E-state index contributed by atoms with van der Waals surface area (Å²) in [6.07, 6.45) is 5.39. The van der Waals surface area contributed by atoms with Crippen molar-refractivity contribution in [2.75, 3.05) is 6.26 Å². The predicted octanol–water partition coefficient (Wildman–Crippen LogP) is 2.26. The third kappa shape index (κ3) is 3.29. The van der Waals surface area contributed by atoms with E-state index in [1.54, 1.807) is 13.0 Å². The number of benzene rings is 1. The lowest BCUT2D eigenvalue weighted by atomic mass is 9.84. The summed E-state index contributed by atoms with van der Waals surface area (Å²) in [7, 11) is -3.44. The Kier molecular flexibility index (Phi) is 4.62. The Morgan fingerprint density at radius 3 is 2.52 bits per heavy atom. The molecule has 3 atom stereocenters. The zero-order chi connectivity index (χ0) is 18.4. The molecule has 1 N–H and O–H groups in total. The molecule has 0 unspecified atom stereocenters. The zero-order valence-electron chi connectivity index (χ0n) is 14.4. The first-order chi connectivity index (χ1) is 11.7. The monoisotopic (exact) mass is 365 g/mol. The Morgan fingerprint density at radius 2 is 1.88 bits per heavy atom. The molecule has 3 rings (SSSR count). The number of aliphatic carboxylic acids is 1. The molecule has 0 radical (unpaired) electrons. The van der Waals surface area contributed by atoms with Crippen LogP contribution in [0.4, 0.5) is 0 Å². The lowest BCUT2D eigenvalue weighted by Crippen LogP contribution is -2.46. The zero-order valence-corrected chi connectivity index (χ0v) is 15.3. The molecule has 1 saturated carbocycles. The maximum Gasteiger partial charge on any atom is 0.326 e. The van der Waals surface area contributed by atoms with Crippen LogP contribution in [0.5, 0.6) is 0 Å². The molecule has 136 valence electrons. The van der Waals surface area contributed by atoms with E-state index in [4.69, 9.17) is 0 Å². The van der Waals surface area contributed by atoms with E-state index >= 15 is 0 Å². The second-order valence-electron chi connectivity index (χ2n) is 7.16. The first-order valence-corrected chi connectivity index (χ1v) is 10.5. The number of nitrogens with zero attached hydrogens (tertiary/aromatic N) is 1. The Hall–Kier alpha value is -1.89. The van der Waals surface area contributed by atoms with Crippen LogP contribution in [0.3, 0.4) is 0 Å². The van der Waals surface area contributed by atoms with Crippen LogP contribution in [-0.2, 0) is 14.6 Å². The van der Waals surface area contributed by atoms with Crippen molar-refractivity contribution in [3.63, 3.8) is 0 Å². The molecule has 0 bridgehead atoms. The first-order valence-electron chi connectivity index (χ1n) is 8.56. The van der Waals surface area contributed by atoms with Gasteiger partial charge in [-0.05, 0) is 49.8 Å². The van der Waals surface area contributed by atoms with Crippen LogP contribution < -0.4 is 0 Å². The van der Waals surface area contributed by atoms with Crippen LogP contribution in [0.2, 0.25) is 0 Å². The quantitative estimate of drug-likeness (QED) is 0.887. The maximum atomic E-state index is 13.2. The van der Waals surface area contributed by atoms with E-state index < -0.39 is 21.8 Å². The molecule has 1 saturated heterocycles. The van der Waals surface area contributed by atoms with E-state index in [0.29, 0.717) is 12.0 Å². The smallest absolute Gasteiger partial charge is 0.326 e. The molecule has 0 spiro atoms. The Morgan fingerprint density at radius 1 is 1.20 bits per heavy atom. The van der Waals surface area contributed by atoms with Crippen molar-refractivity contribution in [3.8, 4) is 0 Å². The van der Waals surface area contributed by atoms with Gasteiger partial charge in [-0.25, -0.2) is 13.2 Å². The summed E-state index contributed by atoms with van der Waals surface area (Å²) < 4.78 is 23.6. The Labute approximate surface area is 147 Å². The van der Waals surface area contributed by atoms with Crippen molar-refractivity contribution >= 4 is 21.7 Å². The van der Waals surface area contributed by atoms with Gasteiger partial charge in [0.05, 0.1) is 4.90 Å². The van der Waals surface area contributed by atoms with Crippen molar-refractivity contribution in [2.45, 2.75) is 56.0 Å². The SMILES string of the molecule is Cc1ccc(S(C)(=O)=O)cc1C(=O)N1[C@@H]2CCCC[C@@H]2C[C@H]1C(=O)O. The summed E-state index contributed by atoms with van der Waals surface area (Å²) in [5, 5.41) is 9.59. The van der Waals surface area contributed by atoms with E-state index in [2.05, 4.69) is 0 Å². The van der Waals surface area contributed by atoms with Gasteiger partial charge in [0.1, 0.15) is 6.04 Å². The number of carboxylic acids is 1. The van der Waals surface area contributed by atoms with Gasteiger partial charge < -0.3 is 10.0 Å². The highest BCUT2D eigenvalue weighted by molar-refractivity contribution is 7.90. The normalized spacial score (nSPS) is 26.3. The van der Waals surface area contributed by atoms with Crippen molar-refractivity contribution in [3.05, 3.63) is 29.3 Å². The molecule has 1 amide bonds. The lowest BCUT2D eigenvalue weighted by molar-refractivity contribution is -0.141. The standard InChI is InChI=1S/C18H23NO5S/c1-11-7-8-13(25(2,23)24)10-14(11)17(20)19-15-6-4-3-5-12(15)9-16(19)18(21)22/h7-8,10,12,15-16H,3-6,9H2,1-2H3,(H,21,22)/t12-,15-,16+/m1/s1. The van der Waals surface area contributed by atoms with Gasteiger partial charge in [0, 0.05) is 17.9 Å².